The van der Waals surface area contributed by atoms with Gasteiger partial charge in [-0.05, 0) is 38.4 Å². The highest BCUT2D eigenvalue weighted by atomic mass is 127. The maximum absolute atomic E-state index is 5.60. The molecule has 2 aromatic rings. The van der Waals surface area contributed by atoms with E-state index in [1.807, 2.05) is 31.3 Å². The summed E-state index contributed by atoms with van der Waals surface area (Å²) in [5, 5.41) is 3.52. The fraction of sp³-hybridized carbons (Fsp3) is 0.476. The summed E-state index contributed by atoms with van der Waals surface area (Å²) in [7, 11) is 7.67. The zero-order valence-electron chi connectivity index (χ0n) is 17.7. The maximum atomic E-state index is 5.60. The summed E-state index contributed by atoms with van der Waals surface area (Å²) < 4.78 is 10.9. The topological polar surface area (TPSA) is 56.5 Å². The van der Waals surface area contributed by atoms with Crippen LogP contribution in [0.4, 0.5) is 5.69 Å². The first-order chi connectivity index (χ1) is 13.6. The van der Waals surface area contributed by atoms with Gasteiger partial charge in [0.25, 0.3) is 0 Å². The van der Waals surface area contributed by atoms with Gasteiger partial charge >= 0.3 is 0 Å². The molecule has 1 aliphatic rings. The lowest BCUT2D eigenvalue weighted by atomic mass is 10.2. The lowest BCUT2D eigenvalue weighted by molar-refractivity contribution is 0.255. The maximum Gasteiger partial charge on any atom is 0.193 e. The number of benzene rings is 1. The number of aliphatic imine (C=N–C) groups is 1. The summed E-state index contributed by atoms with van der Waals surface area (Å²) in [6, 6.07) is 12.3. The normalized spacial score (nSPS) is 15.8. The third kappa shape index (κ3) is 6.02. The van der Waals surface area contributed by atoms with Crippen LogP contribution in [0.2, 0.25) is 0 Å². The Hall–Kier alpha value is -1.94. The molecule has 1 fully saturated rings. The van der Waals surface area contributed by atoms with Crippen LogP contribution in [0, 0.1) is 0 Å². The third-order valence-electron chi connectivity index (χ3n) is 5.16. The first kappa shape index (κ1) is 23.3. The van der Waals surface area contributed by atoms with Crippen LogP contribution in [0.5, 0.6) is 5.75 Å². The molecule has 0 radical (unpaired) electrons. The number of hydrogen-bond donors (Lipinski definition) is 1. The molecule has 0 bridgehead atoms. The van der Waals surface area contributed by atoms with Crippen molar-refractivity contribution in [2.45, 2.75) is 6.04 Å². The van der Waals surface area contributed by atoms with Crippen molar-refractivity contribution < 1.29 is 9.15 Å². The van der Waals surface area contributed by atoms with Gasteiger partial charge < -0.3 is 24.3 Å². The van der Waals surface area contributed by atoms with Gasteiger partial charge in [-0.1, -0.05) is 6.07 Å². The molecular weight excluding hydrogens is 481 g/mol. The summed E-state index contributed by atoms with van der Waals surface area (Å²) in [6.45, 7) is 4.48. The first-order valence-corrected chi connectivity index (χ1v) is 9.66. The molecule has 8 heteroatoms. The number of piperazine rings is 1. The van der Waals surface area contributed by atoms with Crippen molar-refractivity contribution in [2.24, 2.45) is 4.99 Å². The van der Waals surface area contributed by atoms with Gasteiger partial charge in [-0.3, -0.25) is 9.89 Å². The van der Waals surface area contributed by atoms with E-state index in [0.29, 0.717) is 0 Å². The second-order valence-electron chi connectivity index (χ2n) is 7.10. The number of guanidine groups is 1. The minimum Gasteiger partial charge on any atom is -0.497 e. The summed E-state index contributed by atoms with van der Waals surface area (Å²) in [4.78, 5) is 11.3. The predicted molar refractivity (Wildman–Crippen MR) is 129 cm³/mol. The average molecular weight is 513 g/mol. The Labute approximate surface area is 190 Å². The Morgan fingerprint density at radius 2 is 1.97 bits per heavy atom. The van der Waals surface area contributed by atoms with Crippen LogP contribution < -0.4 is 15.0 Å². The number of likely N-dealkylation sites (N-methyl/N-ethyl adjacent to an activating group) is 1. The smallest absolute Gasteiger partial charge is 0.193 e. The van der Waals surface area contributed by atoms with Gasteiger partial charge in [0.1, 0.15) is 11.5 Å². The van der Waals surface area contributed by atoms with Crippen LogP contribution in [0.25, 0.3) is 0 Å². The fourth-order valence-electron chi connectivity index (χ4n) is 3.52. The van der Waals surface area contributed by atoms with Crippen molar-refractivity contribution in [3.8, 4) is 5.75 Å². The summed E-state index contributed by atoms with van der Waals surface area (Å²) in [5.41, 5.74) is 1.20. The van der Waals surface area contributed by atoms with E-state index in [2.05, 4.69) is 51.2 Å². The Bertz CT molecular complexity index is 758. The molecule has 0 saturated carbocycles. The number of methoxy groups -OCH3 is 1. The van der Waals surface area contributed by atoms with Gasteiger partial charge in [0.05, 0.1) is 19.4 Å². The van der Waals surface area contributed by atoms with E-state index in [1.165, 1.54) is 5.69 Å². The Morgan fingerprint density at radius 1 is 1.21 bits per heavy atom. The fourth-order valence-corrected chi connectivity index (χ4v) is 3.52. The largest absolute Gasteiger partial charge is 0.497 e. The molecule has 0 spiro atoms. The molecule has 1 aromatic heterocycles. The zero-order valence-corrected chi connectivity index (χ0v) is 20.0. The van der Waals surface area contributed by atoms with Crippen LogP contribution >= 0.6 is 24.0 Å². The number of anilines is 1. The van der Waals surface area contributed by atoms with Crippen LogP contribution in [0.15, 0.2) is 52.1 Å². The number of nitrogens with one attached hydrogen (secondary N) is 1. The predicted octanol–water partition coefficient (Wildman–Crippen LogP) is 2.91. The van der Waals surface area contributed by atoms with Crippen molar-refractivity contribution in [3.05, 3.63) is 48.4 Å². The van der Waals surface area contributed by atoms with Gasteiger partial charge in [0.2, 0.25) is 0 Å². The number of ether oxygens (including phenoxy) is 1. The van der Waals surface area contributed by atoms with Crippen molar-refractivity contribution in [3.63, 3.8) is 0 Å². The molecule has 29 heavy (non-hydrogen) atoms. The first-order valence-electron chi connectivity index (χ1n) is 9.66. The van der Waals surface area contributed by atoms with Gasteiger partial charge in [-0.25, -0.2) is 0 Å². The molecule has 3 rings (SSSR count). The van der Waals surface area contributed by atoms with Crippen LogP contribution in [-0.2, 0) is 0 Å². The highest BCUT2D eigenvalue weighted by Gasteiger charge is 2.22. The van der Waals surface area contributed by atoms with E-state index in [9.17, 15) is 0 Å². The lowest BCUT2D eigenvalue weighted by Gasteiger charge is -2.38. The number of nitrogens with zero attached hydrogens (tertiary/aromatic N) is 4. The summed E-state index contributed by atoms with van der Waals surface area (Å²) in [6.07, 6.45) is 1.72. The van der Waals surface area contributed by atoms with E-state index >= 15 is 0 Å². The lowest BCUT2D eigenvalue weighted by Crippen LogP contribution is -2.53. The van der Waals surface area contributed by atoms with Crippen molar-refractivity contribution in [1.82, 2.24) is 15.1 Å². The molecule has 1 atom stereocenters. The van der Waals surface area contributed by atoms with Crippen molar-refractivity contribution >= 4 is 35.6 Å². The van der Waals surface area contributed by atoms with Crippen molar-refractivity contribution in [1.29, 1.82) is 0 Å². The van der Waals surface area contributed by atoms with Gasteiger partial charge in [-0.15, -0.1) is 24.0 Å². The Morgan fingerprint density at radius 3 is 2.55 bits per heavy atom. The van der Waals surface area contributed by atoms with Gasteiger partial charge in [-0.2, -0.15) is 0 Å². The van der Waals surface area contributed by atoms with E-state index in [-0.39, 0.29) is 30.0 Å². The van der Waals surface area contributed by atoms with Crippen LogP contribution in [0.1, 0.15) is 11.8 Å². The molecule has 1 aliphatic heterocycles. The summed E-state index contributed by atoms with van der Waals surface area (Å²) in [5.74, 6) is 2.78. The van der Waals surface area contributed by atoms with E-state index in [4.69, 9.17) is 9.15 Å². The molecular formula is C21H32IN5O2. The number of hydrogen-bond acceptors (Lipinski definition) is 5. The standard InChI is InChI=1S/C21H31N5O2.HI/c1-22-21(23-16-19(24(2)3)20-9-6-14-28-20)26-12-10-25(11-13-26)17-7-5-8-18(15-17)27-4;/h5-9,14-15,19H,10-13,16H2,1-4H3,(H,22,23);1H. The monoisotopic (exact) mass is 513 g/mol. The van der Waals surface area contributed by atoms with Gasteiger partial charge in [0.15, 0.2) is 5.96 Å². The molecule has 0 aliphatic carbocycles. The van der Waals surface area contributed by atoms with E-state index in [0.717, 1.165) is 50.2 Å². The van der Waals surface area contributed by atoms with Crippen molar-refractivity contribution in [2.75, 3.05) is 65.9 Å². The number of furan rings is 1. The molecule has 7 nitrogen and oxygen atoms in total. The minimum absolute atomic E-state index is 0. The molecule has 1 saturated heterocycles. The number of rotatable bonds is 6. The number of halogens is 1. The molecule has 1 aromatic carbocycles. The Kier molecular flexibility index (Phi) is 9.09. The minimum atomic E-state index is 0. The highest BCUT2D eigenvalue weighted by Crippen LogP contribution is 2.22. The van der Waals surface area contributed by atoms with E-state index < -0.39 is 0 Å². The van der Waals surface area contributed by atoms with Crippen LogP contribution in [0.3, 0.4) is 0 Å². The molecule has 2 heterocycles. The van der Waals surface area contributed by atoms with Gasteiger partial charge in [0, 0.05) is 51.5 Å². The second-order valence-corrected chi connectivity index (χ2v) is 7.10. The van der Waals surface area contributed by atoms with E-state index in [1.54, 1.807) is 13.4 Å². The molecule has 1 N–H and O–H groups in total. The highest BCUT2D eigenvalue weighted by molar-refractivity contribution is 14.0. The Balaban J connectivity index is 0.00000300. The summed E-state index contributed by atoms with van der Waals surface area (Å²) >= 11 is 0. The molecule has 0 amide bonds. The average Bonchev–Trinajstić information content (AvgIpc) is 3.25. The second kappa shape index (κ2) is 11.3. The zero-order chi connectivity index (χ0) is 19.9. The van der Waals surface area contributed by atoms with Crippen LogP contribution in [-0.4, -0.2) is 76.7 Å². The SMILES string of the molecule is CN=C(NCC(c1ccco1)N(C)C)N1CCN(c2cccc(OC)c2)CC1.I. The quantitative estimate of drug-likeness (QED) is 0.365. The molecule has 160 valence electrons. The third-order valence-corrected chi connectivity index (χ3v) is 5.16. The molecule has 1 unspecified atom stereocenters.